The van der Waals surface area contributed by atoms with Crippen LogP contribution >= 0.6 is 11.6 Å². The van der Waals surface area contributed by atoms with Crippen LogP contribution in [0.15, 0.2) is 36.4 Å². The molecule has 3 rings (SSSR count). The van der Waals surface area contributed by atoms with Crippen LogP contribution in [0.1, 0.15) is 33.2 Å². The van der Waals surface area contributed by atoms with Crippen molar-refractivity contribution in [3.63, 3.8) is 0 Å². The summed E-state index contributed by atoms with van der Waals surface area (Å²) in [6, 6.07) is 9.20. The zero-order valence-corrected chi connectivity index (χ0v) is 17.1. The number of hydrogen-bond donors (Lipinski definition) is 1. The van der Waals surface area contributed by atoms with E-state index >= 15 is 0 Å². The van der Waals surface area contributed by atoms with E-state index in [0.29, 0.717) is 23.4 Å². The highest BCUT2D eigenvalue weighted by molar-refractivity contribution is 7.92. The van der Waals surface area contributed by atoms with Gasteiger partial charge in [0.15, 0.2) is 0 Å². The average Bonchev–Trinajstić information content (AvgIpc) is 2.97. The number of sulfonamides is 1. The Hall–Kier alpha value is -2.58. The average molecular weight is 423 g/mol. The minimum Gasteiger partial charge on any atom is -0.465 e. The second-order valence-electron chi connectivity index (χ2n) is 6.60. The highest BCUT2D eigenvalue weighted by Gasteiger charge is 2.32. The summed E-state index contributed by atoms with van der Waals surface area (Å²) in [4.78, 5) is 24.4. The van der Waals surface area contributed by atoms with Gasteiger partial charge in [-0.05, 0) is 55.3 Å². The monoisotopic (exact) mass is 422 g/mol. The van der Waals surface area contributed by atoms with Crippen molar-refractivity contribution in [3.8, 4) is 0 Å². The number of benzene rings is 2. The molecule has 28 heavy (non-hydrogen) atoms. The Morgan fingerprint density at radius 1 is 1.21 bits per heavy atom. The van der Waals surface area contributed by atoms with Gasteiger partial charge in [0.1, 0.15) is 0 Å². The SMILES string of the molecule is COC(=O)c1cc(NC(=O)c2ccc3c(c2)CC(C)N3S(C)(=O)=O)ccc1Cl. The molecule has 0 spiro atoms. The Bertz CT molecular complexity index is 1070. The molecule has 2 aromatic rings. The Balaban J connectivity index is 1.86. The fraction of sp³-hybridized carbons (Fsp3) is 0.263. The van der Waals surface area contributed by atoms with Gasteiger partial charge in [0.05, 0.1) is 29.6 Å². The molecule has 1 amide bonds. The van der Waals surface area contributed by atoms with E-state index in [1.54, 1.807) is 24.3 Å². The number of halogens is 1. The molecule has 0 saturated heterocycles. The van der Waals surface area contributed by atoms with E-state index in [9.17, 15) is 18.0 Å². The number of nitrogens with zero attached hydrogens (tertiary/aromatic N) is 1. The number of esters is 1. The van der Waals surface area contributed by atoms with Gasteiger partial charge < -0.3 is 10.1 Å². The first kappa shape index (κ1) is 20.2. The number of carbonyl (C=O) groups is 2. The Morgan fingerprint density at radius 3 is 2.57 bits per heavy atom. The smallest absolute Gasteiger partial charge is 0.339 e. The molecule has 9 heteroatoms. The fourth-order valence-corrected chi connectivity index (χ4v) is 4.78. The highest BCUT2D eigenvalue weighted by Crippen LogP contribution is 2.35. The van der Waals surface area contributed by atoms with Crippen LogP contribution in [0.25, 0.3) is 0 Å². The van der Waals surface area contributed by atoms with Crippen LogP contribution in [0, 0.1) is 0 Å². The molecule has 0 aliphatic carbocycles. The predicted octanol–water partition coefficient (Wildman–Crippen LogP) is 3.09. The molecule has 7 nitrogen and oxygen atoms in total. The van der Waals surface area contributed by atoms with Gasteiger partial charge in [0, 0.05) is 17.3 Å². The summed E-state index contributed by atoms with van der Waals surface area (Å²) in [5.41, 5.74) is 2.30. The van der Waals surface area contributed by atoms with Crippen LogP contribution in [0.3, 0.4) is 0 Å². The van der Waals surface area contributed by atoms with Gasteiger partial charge in [0.2, 0.25) is 10.0 Å². The summed E-state index contributed by atoms with van der Waals surface area (Å²) in [7, 11) is -2.14. The molecule has 1 atom stereocenters. The molecule has 0 radical (unpaired) electrons. The molecular formula is C19H19ClN2O5S. The van der Waals surface area contributed by atoms with Gasteiger partial charge in [-0.1, -0.05) is 11.6 Å². The van der Waals surface area contributed by atoms with Crippen molar-refractivity contribution in [2.75, 3.05) is 23.0 Å². The number of hydrogen-bond acceptors (Lipinski definition) is 5. The lowest BCUT2D eigenvalue weighted by Crippen LogP contribution is -2.34. The number of nitrogens with one attached hydrogen (secondary N) is 1. The number of fused-ring (bicyclic) bond motifs is 1. The first-order valence-corrected chi connectivity index (χ1v) is 10.7. The van der Waals surface area contributed by atoms with E-state index in [2.05, 4.69) is 10.1 Å². The van der Waals surface area contributed by atoms with Gasteiger partial charge in [-0.15, -0.1) is 0 Å². The molecule has 1 aliphatic heterocycles. The van der Waals surface area contributed by atoms with Crippen molar-refractivity contribution in [2.45, 2.75) is 19.4 Å². The number of anilines is 2. The Labute approximate surface area is 168 Å². The summed E-state index contributed by atoms with van der Waals surface area (Å²) in [6.07, 6.45) is 1.69. The third-order valence-electron chi connectivity index (χ3n) is 4.48. The molecule has 0 saturated carbocycles. The molecule has 0 fully saturated rings. The number of amides is 1. The molecule has 2 aromatic carbocycles. The maximum atomic E-state index is 12.6. The maximum absolute atomic E-state index is 12.6. The van der Waals surface area contributed by atoms with Crippen molar-refractivity contribution in [3.05, 3.63) is 58.1 Å². The lowest BCUT2D eigenvalue weighted by Gasteiger charge is -2.21. The molecule has 0 bridgehead atoms. The Morgan fingerprint density at radius 2 is 1.93 bits per heavy atom. The van der Waals surface area contributed by atoms with Crippen LogP contribution in [0.4, 0.5) is 11.4 Å². The van der Waals surface area contributed by atoms with Gasteiger partial charge in [-0.25, -0.2) is 13.2 Å². The quantitative estimate of drug-likeness (QED) is 0.764. The van der Waals surface area contributed by atoms with E-state index in [1.807, 2.05) is 6.92 Å². The first-order valence-electron chi connectivity index (χ1n) is 8.43. The van der Waals surface area contributed by atoms with Crippen molar-refractivity contribution >= 4 is 44.9 Å². The van der Waals surface area contributed by atoms with Gasteiger partial charge >= 0.3 is 5.97 Å². The second kappa shape index (κ2) is 7.44. The van der Waals surface area contributed by atoms with Crippen molar-refractivity contribution in [1.82, 2.24) is 0 Å². The number of ether oxygens (including phenoxy) is 1. The summed E-state index contributed by atoms with van der Waals surface area (Å²) in [6.45, 7) is 1.82. The first-order chi connectivity index (χ1) is 13.1. The zero-order chi connectivity index (χ0) is 20.6. The Kier molecular flexibility index (Phi) is 5.36. The largest absolute Gasteiger partial charge is 0.465 e. The molecule has 0 aromatic heterocycles. The maximum Gasteiger partial charge on any atom is 0.339 e. The molecule has 1 unspecified atom stereocenters. The molecule has 1 aliphatic rings. The lowest BCUT2D eigenvalue weighted by molar-refractivity contribution is 0.0600. The van der Waals surface area contributed by atoms with Gasteiger partial charge in [0.25, 0.3) is 5.91 Å². The summed E-state index contributed by atoms with van der Waals surface area (Å²) in [5.74, 6) is -0.986. The lowest BCUT2D eigenvalue weighted by atomic mass is 10.1. The third-order valence-corrected chi connectivity index (χ3v) is 6.08. The molecule has 1 heterocycles. The van der Waals surface area contributed by atoms with Crippen molar-refractivity contribution < 1.29 is 22.7 Å². The topological polar surface area (TPSA) is 92.8 Å². The number of methoxy groups -OCH3 is 1. The molecule has 1 N–H and O–H groups in total. The van der Waals surface area contributed by atoms with E-state index in [-0.39, 0.29) is 22.5 Å². The van der Waals surface area contributed by atoms with Gasteiger partial charge in [-0.3, -0.25) is 9.10 Å². The third kappa shape index (κ3) is 3.83. The van der Waals surface area contributed by atoms with Crippen LogP contribution in [-0.2, 0) is 21.2 Å². The minimum absolute atomic E-state index is 0.147. The van der Waals surface area contributed by atoms with Crippen LogP contribution in [0.5, 0.6) is 0 Å². The summed E-state index contributed by atoms with van der Waals surface area (Å²) in [5, 5.41) is 2.93. The summed E-state index contributed by atoms with van der Waals surface area (Å²) >= 11 is 5.98. The van der Waals surface area contributed by atoms with E-state index in [1.165, 1.54) is 29.8 Å². The number of rotatable bonds is 4. The minimum atomic E-state index is -3.39. The van der Waals surface area contributed by atoms with Crippen molar-refractivity contribution in [1.29, 1.82) is 0 Å². The second-order valence-corrected chi connectivity index (χ2v) is 8.86. The van der Waals surface area contributed by atoms with Crippen molar-refractivity contribution in [2.24, 2.45) is 0 Å². The fourth-order valence-electron chi connectivity index (χ4n) is 3.32. The number of carbonyl (C=O) groups excluding carboxylic acids is 2. The van der Waals surface area contributed by atoms with E-state index in [4.69, 9.17) is 11.6 Å². The normalized spacial score (nSPS) is 15.9. The van der Waals surface area contributed by atoms with Crippen LogP contribution in [0.2, 0.25) is 5.02 Å². The molecule has 148 valence electrons. The zero-order valence-electron chi connectivity index (χ0n) is 15.5. The van der Waals surface area contributed by atoms with E-state index < -0.39 is 16.0 Å². The van der Waals surface area contributed by atoms with Crippen LogP contribution < -0.4 is 9.62 Å². The predicted molar refractivity (Wildman–Crippen MR) is 108 cm³/mol. The molecular weight excluding hydrogens is 404 g/mol. The summed E-state index contributed by atoms with van der Waals surface area (Å²) < 4.78 is 30.0. The highest BCUT2D eigenvalue weighted by atomic mass is 35.5. The van der Waals surface area contributed by atoms with E-state index in [0.717, 1.165) is 5.56 Å². The van der Waals surface area contributed by atoms with Gasteiger partial charge in [-0.2, -0.15) is 0 Å². The van der Waals surface area contributed by atoms with Crippen LogP contribution in [-0.4, -0.2) is 39.7 Å². The standard InChI is InChI=1S/C19H19ClN2O5S/c1-11-8-13-9-12(4-7-17(13)22(11)28(3,25)26)18(23)21-14-5-6-16(20)15(10-14)19(24)27-2/h4-7,9-11H,8H2,1-3H3,(H,21,23).